The number of rotatable bonds is 4. The van der Waals surface area contributed by atoms with Crippen LogP contribution in [0, 0.1) is 5.92 Å². The number of fused-ring (bicyclic) bond motifs is 1. The molecule has 156 valence electrons. The minimum atomic E-state index is -4.60. The number of benzene rings is 1. The second kappa shape index (κ2) is 7.20. The standard InChI is InChI=1S/C18H16F6N4O/c1-9(2)14(10-3-5-11(6-4-10)18(22,23)24)28-15-13(16(29)26-8-25-15)12(27-28)7-17(19,20)21/h3-6,8-9,14H,7H2,1-2H3,(H,25,26,29). The van der Waals surface area contributed by atoms with Gasteiger partial charge in [0.05, 0.1) is 30.0 Å². The second-order valence-corrected chi connectivity index (χ2v) is 6.92. The molecule has 1 aromatic carbocycles. The molecule has 0 fully saturated rings. The van der Waals surface area contributed by atoms with Gasteiger partial charge in [-0.05, 0) is 23.6 Å². The van der Waals surface area contributed by atoms with Crippen molar-refractivity contribution in [2.45, 2.75) is 38.7 Å². The van der Waals surface area contributed by atoms with E-state index in [0.29, 0.717) is 5.56 Å². The first-order valence-electron chi connectivity index (χ1n) is 8.57. The lowest BCUT2D eigenvalue weighted by Crippen LogP contribution is -2.20. The third-order valence-electron chi connectivity index (χ3n) is 4.41. The number of aromatic nitrogens is 4. The molecule has 0 aliphatic rings. The summed E-state index contributed by atoms with van der Waals surface area (Å²) in [5, 5.41) is 3.71. The maximum Gasteiger partial charge on any atom is 0.416 e. The zero-order chi connectivity index (χ0) is 21.6. The monoisotopic (exact) mass is 418 g/mol. The van der Waals surface area contributed by atoms with Crippen molar-refractivity contribution in [2.75, 3.05) is 0 Å². The molecule has 29 heavy (non-hydrogen) atoms. The first-order valence-corrected chi connectivity index (χ1v) is 8.57. The largest absolute Gasteiger partial charge is 0.416 e. The molecule has 5 nitrogen and oxygen atoms in total. The van der Waals surface area contributed by atoms with Crippen LogP contribution in [0.5, 0.6) is 0 Å². The van der Waals surface area contributed by atoms with Gasteiger partial charge in [-0.15, -0.1) is 0 Å². The Morgan fingerprint density at radius 2 is 1.69 bits per heavy atom. The molecule has 1 N–H and O–H groups in total. The van der Waals surface area contributed by atoms with Gasteiger partial charge in [0, 0.05) is 0 Å². The average molecular weight is 418 g/mol. The van der Waals surface area contributed by atoms with Gasteiger partial charge in [0.1, 0.15) is 5.39 Å². The van der Waals surface area contributed by atoms with E-state index in [0.717, 1.165) is 18.5 Å². The molecule has 2 aromatic heterocycles. The zero-order valence-corrected chi connectivity index (χ0v) is 15.3. The van der Waals surface area contributed by atoms with Crippen molar-refractivity contribution in [3.8, 4) is 0 Å². The minimum absolute atomic E-state index is 0.0633. The highest BCUT2D eigenvalue weighted by molar-refractivity contribution is 5.77. The lowest BCUT2D eigenvalue weighted by Gasteiger charge is -2.23. The second-order valence-electron chi connectivity index (χ2n) is 6.92. The van der Waals surface area contributed by atoms with Crippen LogP contribution in [0.3, 0.4) is 0 Å². The first kappa shape index (κ1) is 20.9. The third-order valence-corrected chi connectivity index (χ3v) is 4.41. The smallest absolute Gasteiger partial charge is 0.312 e. The van der Waals surface area contributed by atoms with Crippen LogP contribution >= 0.6 is 0 Å². The molecule has 1 unspecified atom stereocenters. The van der Waals surface area contributed by atoms with Crippen molar-refractivity contribution in [2.24, 2.45) is 5.92 Å². The number of alkyl halides is 6. The van der Waals surface area contributed by atoms with Crippen LogP contribution in [0.4, 0.5) is 26.3 Å². The lowest BCUT2D eigenvalue weighted by atomic mass is 9.95. The highest BCUT2D eigenvalue weighted by atomic mass is 19.4. The molecule has 1 atom stereocenters. The van der Waals surface area contributed by atoms with E-state index < -0.39 is 41.6 Å². The normalized spacial score (nSPS) is 14.0. The maximum absolute atomic E-state index is 13.0. The Bertz CT molecular complexity index is 1060. The summed E-state index contributed by atoms with van der Waals surface area (Å²) in [5.74, 6) is -0.269. The Balaban J connectivity index is 2.18. The van der Waals surface area contributed by atoms with Gasteiger partial charge in [0.15, 0.2) is 5.65 Å². The number of hydrogen-bond acceptors (Lipinski definition) is 3. The summed E-state index contributed by atoms with van der Waals surface area (Å²) in [5.41, 5.74) is -1.76. The molecule has 0 bridgehead atoms. The molecule has 0 radical (unpaired) electrons. The predicted molar refractivity (Wildman–Crippen MR) is 92.3 cm³/mol. The number of hydrogen-bond donors (Lipinski definition) is 1. The van der Waals surface area contributed by atoms with Crippen molar-refractivity contribution >= 4 is 11.0 Å². The van der Waals surface area contributed by atoms with E-state index in [1.165, 1.54) is 16.8 Å². The van der Waals surface area contributed by atoms with E-state index in [1.807, 2.05) is 0 Å². The van der Waals surface area contributed by atoms with Crippen LogP contribution in [-0.4, -0.2) is 25.9 Å². The van der Waals surface area contributed by atoms with Crippen molar-refractivity contribution in [3.05, 3.63) is 57.8 Å². The SMILES string of the molecule is CC(C)C(c1ccc(C(F)(F)F)cc1)n1nc(CC(F)(F)F)c2c(=O)[nH]cnc21. The van der Waals surface area contributed by atoms with Crippen molar-refractivity contribution in [1.29, 1.82) is 0 Å². The molecule has 0 amide bonds. The van der Waals surface area contributed by atoms with E-state index in [4.69, 9.17) is 0 Å². The van der Waals surface area contributed by atoms with Crippen molar-refractivity contribution in [3.63, 3.8) is 0 Å². The summed E-state index contributed by atoms with van der Waals surface area (Å²) in [7, 11) is 0. The highest BCUT2D eigenvalue weighted by Gasteiger charge is 2.34. The summed E-state index contributed by atoms with van der Waals surface area (Å²) in [4.78, 5) is 18.4. The third kappa shape index (κ3) is 4.28. The molecule has 0 saturated heterocycles. The Labute approximate surface area is 160 Å². The molecule has 3 aromatic rings. The van der Waals surface area contributed by atoms with Crippen LogP contribution in [0.1, 0.15) is 36.7 Å². The van der Waals surface area contributed by atoms with E-state index >= 15 is 0 Å². The van der Waals surface area contributed by atoms with Gasteiger partial charge in [-0.1, -0.05) is 26.0 Å². The van der Waals surface area contributed by atoms with Crippen LogP contribution in [0.25, 0.3) is 11.0 Å². The highest BCUT2D eigenvalue weighted by Crippen LogP contribution is 2.34. The minimum Gasteiger partial charge on any atom is -0.312 e. The van der Waals surface area contributed by atoms with Gasteiger partial charge in [-0.2, -0.15) is 31.4 Å². The van der Waals surface area contributed by atoms with Gasteiger partial charge >= 0.3 is 12.4 Å². The summed E-state index contributed by atoms with van der Waals surface area (Å²) in [6, 6.07) is 3.56. The van der Waals surface area contributed by atoms with Crippen molar-refractivity contribution < 1.29 is 26.3 Å². The molecule has 3 rings (SSSR count). The number of nitrogens with zero attached hydrogens (tertiary/aromatic N) is 3. The topological polar surface area (TPSA) is 63.6 Å². The van der Waals surface area contributed by atoms with Gasteiger partial charge in [-0.3, -0.25) is 4.79 Å². The number of H-pyrrole nitrogens is 1. The van der Waals surface area contributed by atoms with Crippen molar-refractivity contribution in [1.82, 2.24) is 19.7 Å². The van der Waals surface area contributed by atoms with Crippen LogP contribution in [0.15, 0.2) is 35.4 Å². The maximum atomic E-state index is 13.0. The first-order chi connectivity index (χ1) is 13.4. The lowest BCUT2D eigenvalue weighted by molar-refractivity contribution is -0.137. The average Bonchev–Trinajstić information content (AvgIpc) is 2.92. The van der Waals surface area contributed by atoms with Gasteiger partial charge in [0.25, 0.3) is 5.56 Å². The molecule has 2 heterocycles. The number of aromatic amines is 1. The quantitative estimate of drug-likeness (QED) is 0.635. The fourth-order valence-corrected chi connectivity index (χ4v) is 3.24. The summed E-state index contributed by atoms with van der Waals surface area (Å²) < 4.78 is 78.6. The molecule has 0 saturated carbocycles. The Hall–Kier alpha value is -2.85. The van der Waals surface area contributed by atoms with Gasteiger partial charge in [0.2, 0.25) is 0 Å². The van der Waals surface area contributed by atoms with Gasteiger partial charge < -0.3 is 4.98 Å². The molecule has 11 heteroatoms. The molecular weight excluding hydrogens is 402 g/mol. The Kier molecular flexibility index (Phi) is 5.18. The molecule has 0 aliphatic carbocycles. The van der Waals surface area contributed by atoms with Gasteiger partial charge in [-0.25, -0.2) is 9.67 Å². The molecule has 0 spiro atoms. The predicted octanol–water partition coefficient (Wildman–Crippen LogP) is 4.49. The van der Waals surface area contributed by atoms with Crippen LogP contribution < -0.4 is 5.56 Å². The fourth-order valence-electron chi connectivity index (χ4n) is 3.24. The van der Waals surface area contributed by atoms with E-state index in [-0.39, 0.29) is 17.0 Å². The number of nitrogens with one attached hydrogen (secondary N) is 1. The number of halogens is 6. The van der Waals surface area contributed by atoms with E-state index in [9.17, 15) is 31.1 Å². The summed E-state index contributed by atoms with van der Waals surface area (Å²) >= 11 is 0. The summed E-state index contributed by atoms with van der Waals surface area (Å²) in [6.45, 7) is 3.49. The Morgan fingerprint density at radius 1 is 1.07 bits per heavy atom. The fraction of sp³-hybridized carbons (Fsp3) is 0.389. The van der Waals surface area contributed by atoms with Crippen LogP contribution in [-0.2, 0) is 12.6 Å². The van der Waals surface area contributed by atoms with E-state index in [1.54, 1.807) is 13.8 Å². The van der Waals surface area contributed by atoms with E-state index in [2.05, 4.69) is 15.1 Å². The Morgan fingerprint density at radius 3 is 2.21 bits per heavy atom. The zero-order valence-electron chi connectivity index (χ0n) is 15.3. The summed E-state index contributed by atoms with van der Waals surface area (Å²) in [6.07, 6.45) is -9.50. The molecule has 0 aliphatic heterocycles. The molecular formula is C18H16F6N4O. The van der Waals surface area contributed by atoms with Crippen LogP contribution in [0.2, 0.25) is 0 Å².